The van der Waals surface area contributed by atoms with Crippen LogP contribution in [0.5, 0.6) is 5.75 Å². The lowest BCUT2D eigenvalue weighted by molar-refractivity contribution is -0.137. The lowest BCUT2D eigenvalue weighted by Gasteiger charge is -2.26. The van der Waals surface area contributed by atoms with Gasteiger partial charge in [-0.3, -0.25) is 9.59 Å². The van der Waals surface area contributed by atoms with E-state index in [4.69, 9.17) is 9.47 Å². The summed E-state index contributed by atoms with van der Waals surface area (Å²) in [6.07, 6.45) is 0. The van der Waals surface area contributed by atoms with E-state index in [2.05, 4.69) is 10.3 Å². The first-order valence-corrected chi connectivity index (χ1v) is 8.44. The first-order valence-electron chi connectivity index (χ1n) is 7.50. The summed E-state index contributed by atoms with van der Waals surface area (Å²) in [6, 6.07) is 6.87. The normalized spacial score (nSPS) is 14.2. The Labute approximate surface area is 143 Å². The molecule has 3 rings (SSSR count). The monoisotopic (exact) mass is 347 g/mol. The lowest BCUT2D eigenvalue weighted by atomic mass is 10.3. The molecule has 24 heavy (non-hydrogen) atoms. The summed E-state index contributed by atoms with van der Waals surface area (Å²) in [6.45, 7) is 2.33. The Morgan fingerprint density at radius 2 is 2.00 bits per heavy atom. The molecule has 1 aromatic heterocycles. The van der Waals surface area contributed by atoms with Crippen molar-refractivity contribution in [3.63, 3.8) is 0 Å². The molecule has 0 unspecified atom stereocenters. The molecule has 1 aliphatic rings. The van der Waals surface area contributed by atoms with Crippen molar-refractivity contribution in [2.24, 2.45) is 0 Å². The van der Waals surface area contributed by atoms with E-state index < -0.39 is 0 Å². The summed E-state index contributed by atoms with van der Waals surface area (Å²) in [5, 5.41) is 4.43. The maximum Gasteiger partial charge on any atom is 0.275 e. The number of ether oxygens (including phenoxy) is 2. The van der Waals surface area contributed by atoms with Crippen LogP contribution in [0.3, 0.4) is 0 Å². The van der Waals surface area contributed by atoms with E-state index in [1.54, 1.807) is 40.1 Å². The highest BCUT2D eigenvalue weighted by molar-refractivity contribution is 7.07. The van der Waals surface area contributed by atoms with Gasteiger partial charge in [0.15, 0.2) is 6.61 Å². The van der Waals surface area contributed by atoms with Crippen molar-refractivity contribution in [3.8, 4) is 5.75 Å². The van der Waals surface area contributed by atoms with Crippen LogP contribution in [-0.2, 0) is 9.53 Å². The second kappa shape index (κ2) is 7.89. The zero-order valence-corrected chi connectivity index (χ0v) is 13.8. The molecule has 0 spiro atoms. The van der Waals surface area contributed by atoms with Crippen molar-refractivity contribution in [1.82, 2.24) is 9.88 Å². The van der Waals surface area contributed by atoms with Crippen LogP contribution in [-0.4, -0.2) is 54.6 Å². The molecule has 1 N–H and O–H groups in total. The van der Waals surface area contributed by atoms with Gasteiger partial charge in [0.25, 0.3) is 11.8 Å². The summed E-state index contributed by atoms with van der Waals surface area (Å²) in [4.78, 5) is 29.6. The Kier molecular flexibility index (Phi) is 5.39. The Balaban J connectivity index is 1.49. The Morgan fingerprint density at radius 1 is 1.25 bits per heavy atom. The molecule has 1 fully saturated rings. The van der Waals surface area contributed by atoms with Crippen molar-refractivity contribution in [3.05, 3.63) is 40.8 Å². The Hall–Kier alpha value is -2.45. The molecule has 0 aliphatic carbocycles. The van der Waals surface area contributed by atoms with Gasteiger partial charge in [0.05, 0.1) is 18.7 Å². The number of benzene rings is 1. The van der Waals surface area contributed by atoms with Gasteiger partial charge in [-0.1, -0.05) is 0 Å². The maximum atomic E-state index is 12.0. The molecule has 2 amide bonds. The van der Waals surface area contributed by atoms with Crippen molar-refractivity contribution in [2.45, 2.75) is 0 Å². The van der Waals surface area contributed by atoms with Crippen LogP contribution in [0.15, 0.2) is 35.2 Å². The number of carbonyl (C=O) groups is 2. The third kappa shape index (κ3) is 4.30. The molecule has 2 heterocycles. The molecule has 126 valence electrons. The van der Waals surface area contributed by atoms with E-state index in [1.165, 1.54) is 11.3 Å². The molecule has 1 aliphatic heterocycles. The second-order valence-electron chi connectivity index (χ2n) is 5.13. The number of hydrogen-bond donors (Lipinski definition) is 1. The van der Waals surface area contributed by atoms with E-state index in [9.17, 15) is 9.59 Å². The number of amides is 2. The topological polar surface area (TPSA) is 80.8 Å². The number of rotatable bonds is 5. The summed E-state index contributed by atoms with van der Waals surface area (Å²) in [7, 11) is 0. The van der Waals surface area contributed by atoms with Gasteiger partial charge in [0, 0.05) is 24.2 Å². The molecule has 8 heteroatoms. The average Bonchev–Trinajstić information content (AvgIpc) is 3.16. The lowest BCUT2D eigenvalue weighted by Crippen LogP contribution is -2.42. The van der Waals surface area contributed by atoms with Crippen LogP contribution in [0.1, 0.15) is 10.5 Å². The van der Waals surface area contributed by atoms with E-state index >= 15 is 0 Å². The van der Waals surface area contributed by atoms with E-state index in [0.29, 0.717) is 43.4 Å². The van der Waals surface area contributed by atoms with Gasteiger partial charge in [-0.25, -0.2) is 4.98 Å². The zero-order chi connectivity index (χ0) is 16.8. The van der Waals surface area contributed by atoms with Gasteiger partial charge in [0.1, 0.15) is 11.4 Å². The van der Waals surface area contributed by atoms with Gasteiger partial charge in [-0.05, 0) is 24.3 Å². The van der Waals surface area contributed by atoms with Crippen LogP contribution in [0.2, 0.25) is 0 Å². The van der Waals surface area contributed by atoms with Crippen molar-refractivity contribution < 1.29 is 19.1 Å². The van der Waals surface area contributed by atoms with Gasteiger partial charge in [-0.2, -0.15) is 0 Å². The SMILES string of the molecule is O=C(Nc1ccc(OCC(=O)N2CCOCC2)cc1)c1cscn1. The summed E-state index contributed by atoms with van der Waals surface area (Å²) < 4.78 is 10.7. The fraction of sp³-hybridized carbons (Fsp3) is 0.312. The van der Waals surface area contributed by atoms with Crippen LogP contribution in [0.25, 0.3) is 0 Å². The quantitative estimate of drug-likeness (QED) is 0.889. The van der Waals surface area contributed by atoms with E-state index in [0.717, 1.165) is 0 Å². The molecule has 0 bridgehead atoms. The molecule has 0 radical (unpaired) electrons. The molecule has 7 nitrogen and oxygen atoms in total. The van der Waals surface area contributed by atoms with Gasteiger partial charge < -0.3 is 19.7 Å². The molecular weight excluding hydrogens is 330 g/mol. The van der Waals surface area contributed by atoms with Crippen LogP contribution in [0.4, 0.5) is 5.69 Å². The molecule has 1 aromatic carbocycles. The highest BCUT2D eigenvalue weighted by Gasteiger charge is 2.17. The molecule has 2 aromatic rings. The van der Waals surface area contributed by atoms with Crippen molar-refractivity contribution in [2.75, 3.05) is 38.2 Å². The fourth-order valence-electron chi connectivity index (χ4n) is 2.20. The predicted molar refractivity (Wildman–Crippen MR) is 89.4 cm³/mol. The minimum absolute atomic E-state index is 0.00940. The van der Waals surface area contributed by atoms with Crippen molar-refractivity contribution >= 4 is 28.8 Å². The first-order chi connectivity index (χ1) is 11.7. The standard InChI is InChI=1S/C16H17N3O4S/c20-15(19-5-7-22-8-6-19)9-23-13-3-1-12(2-4-13)18-16(21)14-10-24-11-17-14/h1-4,10-11H,5-9H2,(H,18,21). The minimum atomic E-state index is -0.257. The van der Waals surface area contributed by atoms with Gasteiger partial charge >= 0.3 is 0 Å². The molecule has 0 atom stereocenters. The number of nitrogens with zero attached hydrogens (tertiary/aromatic N) is 2. The van der Waals surface area contributed by atoms with Crippen LogP contribution >= 0.6 is 11.3 Å². The van der Waals surface area contributed by atoms with E-state index in [-0.39, 0.29) is 18.4 Å². The zero-order valence-electron chi connectivity index (χ0n) is 12.9. The second-order valence-corrected chi connectivity index (χ2v) is 5.85. The highest BCUT2D eigenvalue weighted by Crippen LogP contribution is 2.17. The largest absolute Gasteiger partial charge is 0.484 e. The average molecular weight is 347 g/mol. The predicted octanol–water partition coefficient (Wildman–Crippen LogP) is 1.63. The number of morpholine rings is 1. The van der Waals surface area contributed by atoms with E-state index in [1.807, 2.05) is 0 Å². The first kappa shape index (κ1) is 16.4. The smallest absolute Gasteiger partial charge is 0.275 e. The highest BCUT2D eigenvalue weighted by atomic mass is 32.1. The number of aromatic nitrogens is 1. The summed E-state index contributed by atoms with van der Waals surface area (Å²) >= 11 is 1.37. The summed E-state index contributed by atoms with van der Waals surface area (Å²) in [5.74, 6) is 0.259. The molecule has 1 saturated heterocycles. The fourth-order valence-corrected chi connectivity index (χ4v) is 2.74. The summed E-state index contributed by atoms with van der Waals surface area (Å²) in [5.41, 5.74) is 2.63. The van der Waals surface area contributed by atoms with Gasteiger partial charge in [0.2, 0.25) is 0 Å². The number of thiazole rings is 1. The maximum absolute atomic E-state index is 12.0. The molecule has 0 saturated carbocycles. The Bertz CT molecular complexity index is 682. The Morgan fingerprint density at radius 3 is 2.67 bits per heavy atom. The minimum Gasteiger partial charge on any atom is -0.484 e. The third-order valence-corrected chi connectivity index (χ3v) is 4.09. The third-order valence-electron chi connectivity index (χ3n) is 3.50. The number of nitrogens with one attached hydrogen (secondary N) is 1. The van der Waals surface area contributed by atoms with Gasteiger partial charge in [-0.15, -0.1) is 11.3 Å². The van der Waals surface area contributed by atoms with Crippen LogP contribution in [0, 0.1) is 0 Å². The van der Waals surface area contributed by atoms with Crippen LogP contribution < -0.4 is 10.1 Å². The van der Waals surface area contributed by atoms with Crippen molar-refractivity contribution in [1.29, 1.82) is 0 Å². The number of hydrogen-bond acceptors (Lipinski definition) is 6. The number of carbonyl (C=O) groups excluding carboxylic acids is 2. The number of anilines is 1. The molecular formula is C16H17N3O4S.